The third-order valence-electron chi connectivity index (χ3n) is 5.53. The highest BCUT2D eigenvalue weighted by atomic mass is 19.2. The number of hydrogen-bond acceptors (Lipinski definition) is 3. The standard InChI is InChI=1S/C23H34F2O3.C3H8/c1-5-7-18-10-13-21(28-15-18)27-14-17(6-2)9-8-16(3)19-11-12-20(26-4)23(25)22(19)24;1-3-2/h8-9,18,21H,5-7,10-15H2,1-4H3;3H2,1-2H3/b16-8+,17-9+;. The van der Waals surface area contributed by atoms with Crippen LogP contribution in [0, 0.1) is 5.92 Å². The van der Waals surface area contributed by atoms with Crippen LogP contribution in [-0.2, 0) is 14.2 Å². The predicted molar refractivity (Wildman–Crippen MR) is 124 cm³/mol. The van der Waals surface area contributed by atoms with E-state index in [0.29, 0.717) is 30.9 Å². The second-order valence-electron chi connectivity index (χ2n) is 8.28. The maximum Gasteiger partial charge on any atom is 0.196 e. The maximum absolute atomic E-state index is 14.3. The van der Waals surface area contributed by atoms with E-state index in [-0.39, 0.29) is 12.0 Å². The van der Waals surface area contributed by atoms with E-state index in [9.17, 15) is 8.78 Å². The highest BCUT2D eigenvalue weighted by molar-refractivity contribution is 5.43. The summed E-state index contributed by atoms with van der Waals surface area (Å²) in [4.78, 5) is 0. The average molecular weight is 441 g/mol. The average Bonchev–Trinajstić information content (AvgIpc) is 2.77. The molecule has 1 saturated heterocycles. The van der Waals surface area contributed by atoms with Gasteiger partial charge in [-0.1, -0.05) is 52.7 Å². The smallest absolute Gasteiger partial charge is 0.196 e. The van der Waals surface area contributed by atoms with Crippen molar-refractivity contribution in [2.45, 2.75) is 92.3 Å². The van der Waals surface area contributed by atoms with Crippen molar-refractivity contribution in [1.82, 2.24) is 0 Å². The molecule has 1 heterocycles. The molecule has 0 bridgehead atoms. The Hall–Kier alpha value is -1.46. The molecule has 0 N–H and O–H groups in total. The Bertz CT molecular complexity index is 654. The highest BCUT2D eigenvalue weighted by Gasteiger charge is 2.24. The maximum atomic E-state index is 14.3. The van der Waals surface area contributed by atoms with Crippen molar-refractivity contribution >= 4 is 0 Å². The van der Waals surface area contributed by atoms with Gasteiger partial charge < -0.3 is 14.2 Å². The van der Waals surface area contributed by atoms with Crippen LogP contribution in [0.25, 0.3) is 0 Å². The van der Waals surface area contributed by atoms with Gasteiger partial charge >= 0.3 is 0 Å². The molecular formula is C26H42F2O3. The van der Waals surface area contributed by atoms with Crippen LogP contribution in [-0.4, -0.2) is 26.6 Å². The Labute approximate surface area is 188 Å². The summed E-state index contributed by atoms with van der Waals surface area (Å²) in [6.45, 7) is 11.6. The molecule has 1 aliphatic heterocycles. The summed E-state index contributed by atoms with van der Waals surface area (Å²) in [5.74, 6) is -0.948. The molecule has 31 heavy (non-hydrogen) atoms. The summed E-state index contributed by atoms with van der Waals surface area (Å²) in [5, 5.41) is 0. The van der Waals surface area contributed by atoms with Gasteiger partial charge in [0.25, 0.3) is 0 Å². The van der Waals surface area contributed by atoms with Crippen LogP contribution in [0.3, 0.4) is 0 Å². The van der Waals surface area contributed by atoms with E-state index in [0.717, 1.165) is 37.0 Å². The van der Waals surface area contributed by atoms with Crippen molar-refractivity contribution < 1.29 is 23.0 Å². The van der Waals surface area contributed by atoms with Crippen LogP contribution < -0.4 is 0 Å². The first kappa shape index (κ1) is 27.6. The second kappa shape index (κ2) is 15.4. The lowest BCUT2D eigenvalue weighted by Crippen LogP contribution is -2.28. The normalized spacial score (nSPS) is 23.0. The molecule has 1 aliphatic carbocycles. The number of hydrogen-bond donors (Lipinski definition) is 0. The predicted octanol–water partition coefficient (Wildman–Crippen LogP) is 8.10. The molecule has 1 fully saturated rings. The van der Waals surface area contributed by atoms with Crippen molar-refractivity contribution in [3.8, 4) is 0 Å². The van der Waals surface area contributed by atoms with Gasteiger partial charge in [-0.15, -0.1) is 0 Å². The van der Waals surface area contributed by atoms with Gasteiger partial charge in [-0.05, 0) is 61.7 Å². The van der Waals surface area contributed by atoms with E-state index in [1.807, 2.05) is 19.1 Å². The number of rotatable bonds is 9. The second-order valence-corrected chi connectivity index (χ2v) is 8.28. The van der Waals surface area contributed by atoms with Gasteiger partial charge in [-0.2, -0.15) is 0 Å². The number of allylic oxidation sites excluding steroid dienone is 7. The number of methoxy groups -OCH3 is 1. The van der Waals surface area contributed by atoms with E-state index in [4.69, 9.17) is 14.2 Å². The molecule has 0 aromatic heterocycles. The van der Waals surface area contributed by atoms with Gasteiger partial charge in [0.15, 0.2) is 17.9 Å². The molecular weight excluding hydrogens is 398 g/mol. The Balaban J connectivity index is 0.00000151. The quantitative estimate of drug-likeness (QED) is 0.339. The monoisotopic (exact) mass is 440 g/mol. The molecule has 0 aromatic carbocycles. The van der Waals surface area contributed by atoms with Gasteiger partial charge in [0.05, 0.1) is 20.3 Å². The summed E-state index contributed by atoms with van der Waals surface area (Å²) in [7, 11) is 1.37. The summed E-state index contributed by atoms with van der Waals surface area (Å²) in [6.07, 6.45) is 11.0. The van der Waals surface area contributed by atoms with Gasteiger partial charge in [0.2, 0.25) is 0 Å². The molecule has 3 nitrogen and oxygen atoms in total. The van der Waals surface area contributed by atoms with Crippen molar-refractivity contribution in [2.75, 3.05) is 20.3 Å². The van der Waals surface area contributed by atoms with E-state index >= 15 is 0 Å². The highest BCUT2D eigenvalue weighted by Crippen LogP contribution is 2.35. The summed E-state index contributed by atoms with van der Waals surface area (Å²) >= 11 is 0. The van der Waals surface area contributed by atoms with E-state index in [1.54, 1.807) is 0 Å². The van der Waals surface area contributed by atoms with Crippen molar-refractivity contribution in [1.29, 1.82) is 0 Å². The first-order chi connectivity index (χ1) is 14.9. The van der Waals surface area contributed by atoms with Gasteiger partial charge in [0, 0.05) is 6.42 Å². The Morgan fingerprint density at radius 1 is 1.06 bits per heavy atom. The summed E-state index contributed by atoms with van der Waals surface area (Å²) in [5.41, 5.74) is 2.23. The minimum Gasteiger partial charge on any atom is -0.498 e. The minimum absolute atomic E-state index is 0.0842. The first-order valence-corrected chi connectivity index (χ1v) is 11.8. The van der Waals surface area contributed by atoms with Crippen LogP contribution in [0.2, 0.25) is 0 Å². The van der Waals surface area contributed by atoms with Gasteiger partial charge in [-0.3, -0.25) is 0 Å². The molecule has 2 unspecified atom stereocenters. The third-order valence-corrected chi connectivity index (χ3v) is 5.53. The molecule has 178 valence electrons. The molecule has 0 spiro atoms. The van der Waals surface area contributed by atoms with Gasteiger partial charge in [0.1, 0.15) is 5.76 Å². The largest absolute Gasteiger partial charge is 0.498 e. The Kier molecular flexibility index (Phi) is 13.7. The Morgan fingerprint density at radius 2 is 1.77 bits per heavy atom. The lowest BCUT2D eigenvalue weighted by Gasteiger charge is -2.29. The summed E-state index contributed by atoms with van der Waals surface area (Å²) in [6, 6.07) is 0. The lowest BCUT2D eigenvalue weighted by atomic mass is 9.95. The first-order valence-electron chi connectivity index (χ1n) is 11.8. The van der Waals surface area contributed by atoms with Crippen molar-refractivity contribution in [2.24, 2.45) is 5.92 Å². The fourth-order valence-corrected chi connectivity index (χ4v) is 3.64. The minimum atomic E-state index is -0.879. The number of ether oxygens (including phenoxy) is 3. The van der Waals surface area contributed by atoms with E-state index in [1.165, 1.54) is 26.4 Å². The van der Waals surface area contributed by atoms with Gasteiger partial charge in [-0.25, -0.2) is 8.78 Å². The zero-order valence-electron chi connectivity index (χ0n) is 20.4. The van der Waals surface area contributed by atoms with Crippen LogP contribution >= 0.6 is 0 Å². The SMILES string of the molecule is CCC.CCCC1CCC(OC/C(=C/C=C(\C)C2=C(F)C(F)=C(OC)CC2)CC)OC1. The fourth-order valence-electron chi connectivity index (χ4n) is 3.64. The third kappa shape index (κ3) is 9.28. The van der Waals surface area contributed by atoms with Crippen molar-refractivity contribution in [3.05, 3.63) is 46.3 Å². The molecule has 5 heteroatoms. The number of halogens is 2. The zero-order chi connectivity index (χ0) is 23.2. The van der Waals surface area contributed by atoms with Crippen LogP contribution in [0.1, 0.15) is 86.0 Å². The molecule has 0 saturated carbocycles. The lowest BCUT2D eigenvalue weighted by molar-refractivity contribution is -0.171. The topological polar surface area (TPSA) is 27.7 Å². The van der Waals surface area contributed by atoms with Crippen molar-refractivity contribution in [3.63, 3.8) is 0 Å². The van der Waals surface area contributed by atoms with Crippen LogP contribution in [0.4, 0.5) is 8.78 Å². The zero-order valence-corrected chi connectivity index (χ0v) is 20.4. The molecule has 2 atom stereocenters. The fraction of sp³-hybridized carbons (Fsp3) is 0.692. The molecule has 0 amide bonds. The molecule has 0 aromatic rings. The van der Waals surface area contributed by atoms with E-state index in [2.05, 4.69) is 27.7 Å². The van der Waals surface area contributed by atoms with Crippen LogP contribution in [0.15, 0.2) is 46.3 Å². The molecule has 2 rings (SSSR count). The van der Waals surface area contributed by atoms with Crippen LogP contribution in [0.5, 0.6) is 0 Å². The molecule has 2 aliphatic rings. The van der Waals surface area contributed by atoms with E-state index < -0.39 is 11.7 Å². The molecule has 0 radical (unpaired) electrons. The Morgan fingerprint density at radius 3 is 2.32 bits per heavy atom. The summed E-state index contributed by atoms with van der Waals surface area (Å²) < 4.78 is 44.9.